The Hall–Kier alpha value is -0.0400. The minimum absolute atomic E-state index is 0. The van der Waals surface area contributed by atoms with Crippen molar-refractivity contribution in [2.45, 2.75) is 42.0 Å². The molecule has 0 fully saturated rings. The first-order valence-electron chi connectivity index (χ1n) is 4.32. The molecule has 1 nitrogen and oxygen atoms in total. The summed E-state index contributed by atoms with van der Waals surface area (Å²) < 4.78 is 22.3. The topological polar surface area (TPSA) is 20.2 Å². The van der Waals surface area contributed by atoms with Crippen LogP contribution in [0.15, 0.2) is 0 Å². The van der Waals surface area contributed by atoms with Crippen LogP contribution in [0.25, 0.3) is 0 Å². The molecule has 0 saturated heterocycles. The van der Waals surface area contributed by atoms with Gasteiger partial charge in [-0.25, -0.2) is 0 Å². The molecular weight excluding hydrogens is 100 g/mol. The van der Waals surface area contributed by atoms with E-state index in [4.69, 9.17) is 5.77 Å². The highest BCUT2D eigenvalue weighted by Crippen LogP contribution is 1.61. The van der Waals surface area contributed by atoms with Crippen LogP contribution in [-0.4, -0.2) is 13.1 Å². The number of aliphatic hydroxyl groups excluding tert-OH is 1. The molecule has 0 aromatic heterocycles. The van der Waals surface area contributed by atoms with Crippen molar-refractivity contribution in [1.29, 1.82) is 1.43 Å². The highest BCUT2D eigenvalue weighted by molar-refractivity contribution is 4.10. The van der Waals surface area contributed by atoms with Crippen LogP contribution in [0.3, 0.4) is 0 Å². The summed E-state index contributed by atoms with van der Waals surface area (Å²) >= 11 is 0. The zero-order valence-electron chi connectivity index (χ0n) is 8.53. The number of hydrogen-bond acceptors (Lipinski definition) is 1. The molecular formula is C7H24O. The smallest absolute Gasteiger partial charge is 0.210 e. The maximum Gasteiger partial charge on any atom is 0.210 e. The van der Waals surface area contributed by atoms with Crippen molar-refractivity contribution < 1.29 is 9.45 Å². The Morgan fingerprint density at radius 2 is 2.25 bits per heavy atom. The summed E-state index contributed by atoms with van der Waals surface area (Å²) in [6, 6.07) is 0. The SMILES string of the molecule is C.C.[3H]CC.[3H]OCCC.[3H][3H]. The fraction of sp³-hybridized carbons (Fsp3) is 1.00. The van der Waals surface area contributed by atoms with Crippen LogP contribution in [0.2, 0.25) is 0 Å². The molecule has 0 aliphatic rings. The Labute approximate surface area is 60.7 Å². The fourth-order valence-electron chi connectivity index (χ4n) is 0. The molecule has 0 aliphatic heterocycles. The number of hydrogen-bond donors (Lipinski definition) is 1. The van der Waals surface area contributed by atoms with E-state index >= 15 is 0 Å². The predicted molar refractivity (Wildman–Crippen MR) is 44.3 cm³/mol. The largest absolute Gasteiger partial charge is 0.396 e. The third kappa shape index (κ3) is 159. The Balaban J connectivity index is -0.0000000209. The highest BCUT2D eigenvalue weighted by atomic mass is 16.2. The van der Waals surface area contributed by atoms with Gasteiger partial charge in [-0.2, -0.15) is 0 Å². The van der Waals surface area contributed by atoms with Crippen LogP contribution in [0.5, 0.6) is 0 Å². The van der Waals surface area contributed by atoms with Crippen molar-refractivity contribution in [2.24, 2.45) is 0 Å². The second kappa shape index (κ2) is 64.4. The Bertz CT molecular complexity index is 29.4. The van der Waals surface area contributed by atoms with Crippen molar-refractivity contribution in [3.63, 3.8) is 0 Å². The Kier molecular flexibility index (Phi) is 64.0. The molecule has 0 rings (SSSR count). The summed E-state index contributed by atoms with van der Waals surface area (Å²) in [5, 5.41) is 3.94. The van der Waals surface area contributed by atoms with Crippen LogP contribution >= 0.6 is 0 Å². The van der Waals surface area contributed by atoms with E-state index in [-0.39, 0.29) is 14.9 Å². The van der Waals surface area contributed by atoms with Gasteiger partial charge >= 0.3 is 0 Å². The molecule has 0 spiro atoms. The molecule has 58 valence electrons. The van der Waals surface area contributed by atoms with E-state index in [1.165, 1.54) is 0 Å². The van der Waals surface area contributed by atoms with E-state index in [0.717, 1.165) is 6.42 Å². The van der Waals surface area contributed by atoms with Gasteiger partial charge in [0.1, 0.15) is 0 Å². The summed E-state index contributed by atoms with van der Waals surface area (Å²) in [5.41, 5.74) is 0. The van der Waals surface area contributed by atoms with Gasteiger partial charge in [0, 0.05) is 10.9 Å². The Morgan fingerprint density at radius 3 is 2.25 bits per heavy atom. The third-order valence-electron chi connectivity index (χ3n) is 0.204. The standard InChI is InChI=1S/C3H8O.C2H6.2CH4.H2/c1-2-3-4;1-2;;;/h4H,2-3H2,1H3;1-2H3;2*1H4;1H/i4T;1T;;;1+2T. The molecule has 0 radical (unpaired) electrons. The highest BCUT2D eigenvalue weighted by Gasteiger charge is 1.57. The van der Waals surface area contributed by atoms with Crippen LogP contribution in [0, 0.1) is 0 Å². The lowest BCUT2D eigenvalue weighted by Crippen LogP contribution is -1.69. The molecule has 0 amide bonds. The van der Waals surface area contributed by atoms with Crippen molar-refractivity contribution in [1.82, 2.24) is 0 Å². The normalized spacial score (nSPS) is 8.75. The molecule has 0 aliphatic carbocycles. The minimum Gasteiger partial charge on any atom is -0.396 e. The molecule has 0 unspecified atom stereocenters. The quantitative estimate of drug-likeness (QED) is 0.612. The van der Waals surface area contributed by atoms with Crippen molar-refractivity contribution in [3.05, 3.63) is 0 Å². The maximum absolute atomic E-state index is 6.21. The van der Waals surface area contributed by atoms with Crippen LogP contribution in [0.1, 0.15) is 46.4 Å². The van der Waals surface area contributed by atoms with E-state index in [9.17, 15) is 0 Å². The monoisotopic (exact) mass is 132 g/mol. The molecule has 1 heteroatoms. The maximum atomic E-state index is 6.21. The molecule has 0 bridgehead atoms. The number of rotatable bonds is 2. The zero-order valence-corrected chi connectivity index (χ0v) is 4.53. The van der Waals surface area contributed by atoms with Gasteiger partial charge in [-0.1, -0.05) is 35.6 Å². The average molecular weight is 132 g/mol. The summed E-state index contributed by atoms with van der Waals surface area (Å²) in [7, 11) is 0. The minimum atomic E-state index is 0. The summed E-state index contributed by atoms with van der Waals surface area (Å²) in [4.78, 5) is 0. The summed E-state index contributed by atoms with van der Waals surface area (Å²) in [5.74, 6) is 0. The van der Waals surface area contributed by atoms with E-state index < -0.39 is 0 Å². The van der Waals surface area contributed by atoms with Gasteiger partial charge in [0.2, 0.25) is 1.43 Å². The molecule has 1 N–H and O–H groups in total. The molecule has 8 heavy (non-hydrogen) atoms. The average Bonchev–Trinajstić information content (AvgIpc) is 1.96. The molecule has 0 heterocycles. The van der Waals surface area contributed by atoms with Gasteiger partial charge in [0.05, 0.1) is 0 Å². The van der Waals surface area contributed by atoms with Gasteiger partial charge in [0.15, 0.2) is 0 Å². The second-order valence-electron chi connectivity index (χ2n) is 0.704. The first-order valence-corrected chi connectivity index (χ1v) is 2.20. The second-order valence-corrected chi connectivity index (χ2v) is 0.704. The van der Waals surface area contributed by atoms with Crippen molar-refractivity contribution in [2.75, 3.05) is 6.61 Å². The van der Waals surface area contributed by atoms with E-state index in [2.05, 4.69) is 5.11 Å². The first kappa shape index (κ1) is 7.96. The van der Waals surface area contributed by atoms with Crippen molar-refractivity contribution >= 4 is 0 Å². The first-order chi connectivity index (χ1) is 4.83. The van der Waals surface area contributed by atoms with Gasteiger partial charge < -0.3 is 5.11 Å². The molecule has 0 aromatic carbocycles. The van der Waals surface area contributed by atoms with Crippen LogP contribution in [0.4, 0.5) is 0 Å². The molecule has 0 saturated carbocycles. The fourth-order valence-corrected chi connectivity index (χ4v) is 0. The van der Waals surface area contributed by atoms with Gasteiger partial charge in [-0.3, -0.25) is 0 Å². The van der Waals surface area contributed by atoms with Gasteiger partial charge in [-0.15, -0.1) is 0 Å². The summed E-state index contributed by atoms with van der Waals surface area (Å²) in [6.07, 6.45) is 0.934. The lowest BCUT2D eigenvalue weighted by Gasteiger charge is -1.69. The molecule has 0 aromatic rings. The lowest BCUT2D eigenvalue weighted by atomic mass is 10.5. The summed E-state index contributed by atoms with van der Waals surface area (Å²) in [6.45, 7) is 4.81. The molecule has 0 atom stereocenters. The third-order valence-corrected chi connectivity index (χ3v) is 0.204. The van der Waals surface area contributed by atoms with Crippen LogP contribution in [-0.2, 0) is 0 Å². The van der Waals surface area contributed by atoms with Crippen LogP contribution < -0.4 is 0 Å². The van der Waals surface area contributed by atoms with E-state index in [0.29, 0.717) is 13.5 Å². The van der Waals surface area contributed by atoms with Crippen molar-refractivity contribution in [3.8, 4) is 0 Å². The number of aliphatic hydroxyl groups is 1. The predicted octanol–water partition coefficient (Wildman–Crippen LogP) is 2.93. The van der Waals surface area contributed by atoms with Gasteiger partial charge in [0.25, 0.3) is 0 Å². The zero-order chi connectivity index (χ0) is 8.83. The van der Waals surface area contributed by atoms with Gasteiger partial charge in [-0.05, 0) is 6.42 Å². The van der Waals surface area contributed by atoms with E-state index in [1.807, 2.05) is 6.92 Å². The van der Waals surface area contributed by atoms with E-state index in [1.54, 1.807) is 6.92 Å². The Morgan fingerprint density at radius 1 is 1.88 bits per heavy atom. The lowest BCUT2D eigenvalue weighted by molar-refractivity contribution is 0.295.